The minimum atomic E-state index is -0.662. The van der Waals surface area contributed by atoms with Crippen molar-refractivity contribution in [3.63, 3.8) is 0 Å². The van der Waals surface area contributed by atoms with Crippen LogP contribution in [0.4, 0.5) is 0 Å². The van der Waals surface area contributed by atoms with Crippen molar-refractivity contribution in [2.24, 2.45) is 0 Å². The van der Waals surface area contributed by atoms with Gasteiger partial charge in [-0.15, -0.1) is 0 Å². The predicted octanol–water partition coefficient (Wildman–Crippen LogP) is 29.8. The van der Waals surface area contributed by atoms with Crippen molar-refractivity contribution in [2.45, 2.75) is 533 Å². The Kier molecular flexibility index (Phi) is 83.8. The van der Waals surface area contributed by atoms with E-state index in [0.29, 0.717) is 25.9 Å². The molecule has 2 unspecified atom stereocenters. The first-order chi connectivity index (χ1) is 47.0. The third kappa shape index (κ3) is 81.5. The van der Waals surface area contributed by atoms with E-state index in [0.717, 1.165) is 38.5 Å². The molecule has 1 amide bonds. The highest BCUT2D eigenvalue weighted by Gasteiger charge is 2.20. The van der Waals surface area contributed by atoms with Crippen LogP contribution in [0.25, 0.3) is 0 Å². The maximum absolute atomic E-state index is 12.6. The molecular formula is C89H175NO5. The average molecular weight is 1340 g/mol. The van der Waals surface area contributed by atoms with Crippen LogP contribution in [0.2, 0.25) is 0 Å². The molecule has 0 fully saturated rings. The van der Waals surface area contributed by atoms with E-state index in [2.05, 4.69) is 31.3 Å². The molecule has 6 heteroatoms. The first-order valence-corrected chi connectivity index (χ1v) is 44.4. The molecule has 0 aliphatic rings. The number of rotatable bonds is 85. The quantitative estimate of drug-likeness (QED) is 0.0320. The molecule has 6 nitrogen and oxygen atoms in total. The van der Waals surface area contributed by atoms with E-state index in [4.69, 9.17) is 4.74 Å². The normalized spacial score (nSPS) is 12.4. The molecule has 0 saturated carbocycles. The number of carbonyl (C=O) groups excluding carboxylic acids is 2. The zero-order valence-electron chi connectivity index (χ0n) is 65.2. The molecule has 0 heterocycles. The van der Waals surface area contributed by atoms with E-state index in [1.54, 1.807) is 0 Å². The standard InChI is InChI=1S/C89H175NO5/c1-3-5-7-9-11-13-15-17-19-21-23-24-25-39-42-46-49-53-57-61-65-69-73-77-81-87(92)86(85-91)90-88(93)82-78-74-70-66-62-58-54-50-47-43-40-37-35-33-31-29-27-26-28-30-32-34-36-38-41-44-48-52-56-60-64-68-72-76-80-84-95-89(94)83-79-75-71-67-63-59-55-51-45-22-20-18-16-14-12-10-8-6-4-2/h18,20,86-87,91-92H,3-17,19,21-85H2,1-2H3,(H,90,93)/b20-18-. The van der Waals surface area contributed by atoms with Crippen LogP contribution < -0.4 is 5.32 Å². The van der Waals surface area contributed by atoms with Crippen LogP contribution in [-0.4, -0.2) is 47.4 Å². The highest BCUT2D eigenvalue weighted by Crippen LogP contribution is 2.21. The second kappa shape index (κ2) is 85.0. The van der Waals surface area contributed by atoms with Crippen molar-refractivity contribution in [1.29, 1.82) is 0 Å². The van der Waals surface area contributed by atoms with Crippen molar-refractivity contribution >= 4 is 11.9 Å². The number of nitrogens with one attached hydrogen (secondary N) is 1. The Balaban J connectivity index is 3.30. The molecule has 0 aliphatic heterocycles. The maximum atomic E-state index is 12.6. The van der Waals surface area contributed by atoms with Gasteiger partial charge in [-0.05, 0) is 51.4 Å². The number of unbranched alkanes of at least 4 members (excludes halogenated alkanes) is 72. The number of hydrogen-bond donors (Lipinski definition) is 3. The van der Waals surface area contributed by atoms with Crippen molar-refractivity contribution < 1.29 is 24.5 Å². The summed E-state index contributed by atoms with van der Waals surface area (Å²) >= 11 is 0. The third-order valence-electron chi connectivity index (χ3n) is 21.3. The van der Waals surface area contributed by atoms with Crippen LogP contribution in [0.15, 0.2) is 12.2 Å². The van der Waals surface area contributed by atoms with Gasteiger partial charge >= 0.3 is 5.97 Å². The molecule has 0 rings (SSSR count). The molecule has 2 atom stereocenters. The van der Waals surface area contributed by atoms with Gasteiger partial charge in [0, 0.05) is 12.8 Å². The van der Waals surface area contributed by atoms with E-state index >= 15 is 0 Å². The van der Waals surface area contributed by atoms with Crippen molar-refractivity contribution in [1.82, 2.24) is 5.32 Å². The summed E-state index contributed by atoms with van der Waals surface area (Å²) in [4.78, 5) is 24.7. The number of amides is 1. The van der Waals surface area contributed by atoms with Gasteiger partial charge in [0.15, 0.2) is 0 Å². The fourth-order valence-electron chi connectivity index (χ4n) is 14.6. The highest BCUT2D eigenvalue weighted by molar-refractivity contribution is 5.76. The van der Waals surface area contributed by atoms with Gasteiger partial charge in [-0.2, -0.15) is 0 Å². The Hall–Kier alpha value is -1.40. The molecule has 95 heavy (non-hydrogen) atoms. The third-order valence-corrected chi connectivity index (χ3v) is 21.3. The molecule has 0 saturated heterocycles. The van der Waals surface area contributed by atoms with Crippen LogP contribution in [0.3, 0.4) is 0 Å². The van der Waals surface area contributed by atoms with Gasteiger partial charge in [-0.3, -0.25) is 9.59 Å². The number of aliphatic hydroxyl groups excluding tert-OH is 2. The number of esters is 1. The monoisotopic (exact) mass is 1340 g/mol. The number of hydrogen-bond acceptors (Lipinski definition) is 5. The number of ether oxygens (including phenoxy) is 1. The van der Waals surface area contributed by atoms with Crippen LogP contribution in [-0.2, 0) is 14.3 Å². The topological polar surface area (TPSA) is 95.9 Å². The van der Waals surface area contributed by atoms with Gasteiger partial charge in [0.1, 0.15) is 0 Å². The molecule has 0 aromatic heterocycles. The summed E-state index contributed by atoms with van der Waals surface area (Å²) in [5, 5.41) is 23.5. The summed E-state index contributed by atoms with van der Waals surface area (Å²) < 4.78 is 5.52. The van der Waals surface area contributed by atoms with Crippen LogP contribution in [0.1, 0.15) is 521 Å². The van der Waals surface area contributed by atoms with Gasteiger partial charge in [-0.25, -0.2) is 0 Å². The minimum Gasteiger partial charge on any atom is -0.466 e. The Bertz CT molecular complexity index is 1450. The zero-order chi connectivity index (χ0) is 68.4. The Labute approximate surface area is 597 Å². The van der Waals surface area contributed by atoms with Gasteiger partial charge in [0.25, 0.3) is 0 Å². The summed E-state index contributed by atoms with van der Waals surface area (Å²) in [5.74, 6) is 0.000964. The van der Waals surface area contributed by atoms with Crippen molar-refractivity contribution in [3.05, 3.63) is 12.2 Å². The fraction of sp³-hybridized carbons (Fsp3) is 0.955. The van der Waals surface area contributed by atoms with Gasteiger partial charge in [-0.1, -0.05) is 469 Å². The van der Waals surface area contributed by atoms with E-state index in [-0.39, 0.29) is 18.5 Å². The average Bonchev–Trinajstić information content (AvgIpc) is 2.97. The number of carbonyl (C=O) groups is 2. The molecule has 3 N–H and O–H groups in total. The minimum absolute atomic E-state index is 0.0228. The van der Waals surface area contributed by atoms with Crippen molar-refractivity contribution in [2.75, 3.05) is 13.2 Å². The molecule has 0 aromatic rings. The lowest BCUT2D eigenvalue weighted by atomic mass is 10.0. The second-order valence-electron chi connectivity index (χ2n) is 30.9. The Morgan fingerprint density at radius 1 is 0.284 bits per heavy atom. The molecule has 0 bridgehead atoms. The molecule has 566 valence electrons. The summed E-state index contributed by atoms with van der Waals surface area (Å²) in [7, 11) is 0. The first kappa shape index (κ1) is 93.6. The Morgan fingerprint density at radius 3 is 0.747 bits per heavy atom. The molecule has 0 radical (unpaired) electrons. The number of aliphatic hydroxyl groups is 2. The zero-order valence-corrected chi connectivity index (χ0v) is 65.2. The van der Waals surface area contributed by atoms with Crippen LogP contribution in [0, 0.1) is 0 Å². The summed E-state index contributed by atoms with van der Waals surface area (Å²) in [6.45, 7) is 5.02. The van der Waals surface area contributed by atoms with E-state index in [1.165, 1.54) is 449 Å². The van der Waals surface area contributed by atoms with E-state index in [9.17, 15) is 19.8 Å². The lowest BCUT2D eigenvalue weighted by Crippen LogP contribution is -2.45. The largest absolute Gasteiger partial charge is 0.466 e. The van der Waals surface area contributed by atoms with Crippen LogP contribution in [0.5, 0.6) is 0 Å². The molecule has 0 aliphatic carbocycles. The highest BCUT2D eigenvalue weighted by atomic mass is 16.5. The maximum Gasteiger partial charge on any atom is 0.305 e. The van der Waals surface area contributed by atoms with Crippen molar-refractivity contribution in [3.8, 4) is 0 Å². The summed E-state index contributed by atoms with van der Waals surface area (Å²) in [6, 6.07) is -0.538. The number of allylic oxidation sites excluding steroid dienone is 2. The smallest absolute Gasteiger partial charge is 0.305 e. The van der Waals surface area contributed by atoms with Gasteiger partial charge in [0.2, 0.25) is 5.91 Å². The second-order valence-corrected chi connectivity index (χ2v) is 30.9. The predicted molar refractivity (Wildman–Crippen MR) is 421 cm³/mol. The van der Waals surface area contributed by atoms with Crippen LogP contribution >= 0.6 is 0 Å². The lowest BCUT2D eigenvalue weighted by Gasteiger charge is -2.22. The molecule has 0 spiro atoms. The van der Waals surface area contributed by atoms with E-state index < -0.39 is 12.1 Å². The Morgan fingerprint density at radius 2 is 0.495 bits per heavy atom. The van der Waals surface area contributed by atoms with Gasteiger partial charge < -0.3 is 20.3 Å². The SMILES string of the molecule is CCCCCCCC/C=C\CCCCCCCCCCCC(=O)OCCCCCCCCCCCCCCCCCCCCCCCCCCCCCCCCCCCCCC(=O)NC(CO)C(O)CCCCCCCCCCCCCCCCCCCCCCCCCC. The molecule has 0 aromatic carbocycles. The van der Waals surface area contributed by atoms with E-state index in [1.807, 2.05) is 0 Å². The molecular weight excluding hydrogens is 1160 g/mol. The lowest BCUT2D eigenvalue weighted by molar-refractivity contribution is -0.143. The summed E-state index contributed by atoms with van der Waals surface area (Å²) in [5.41, 5.74) is 0. The fourth-order valence-corrected chi connectivity index (χ4v) is 14.6. The van der Waals surface area contributed by atoms with Gasteiger partial charge in [0.05, 0.1) is 25.4 Å². The summed E-state index contributed by atoms with van der Waals surface area (Å²) in [6.07, 6.45) is 109. The first-order valence-electron chi connectivity index (χ1n) is 44.4.